The zero-order chi connectivity index (χ0) is 14.5. The number of likely N-dealkylation sites (N-methyl/N-ethyl adjacent to an activating group) is 1. The summed E-state index contributed by atoms with van der Waals surface area (Å²) in [5, 5.41) is 12.1. The summed E-state index contributed by atoms with van der Waals surface area (Å²) in [5.41, 5.74) is 1.01. The Morgan fingerprint density at radius 2 is 2.15 bits per heavy atom. The molecule has 0 spiro atoms. The summed E-state index contributed by atoms with van der Waals surface area (Å²) >= 11 is 0. The molecule has 2 rings (SSSR count). The lowest BCUT2D eigenvalue weighted by molar-refractivity contribution is 0.315. The summed E-state index contributed by atoms with van der Waals surface area (Å²) in [6.45, 7) is 8.34. The first-order chi connectivity index (χ1) is 9.56. The van der Waals surface area contributed by atoms with E-state index in [0.717, 1.165) is 37.7 Å². The summed E-state index contributed by atoms with van der Waals surface area (Å²) in [7, 11) is 4.28. The average Bonchev–Trinajstić information content (AvgIpc) is 2.89. The minimum absolute atomic E-state index is 0.629. The highest BCUT2D eigenvalue weighted by Crippen LogP contribution is 2.19. The molecule has 2 heterocycles. The number of hydrogen-bond acceptors (Lipinski definition) is 5. The molecule has 1 saturated heterocycles. The van der Waals surface area contributed by atoms with Crippen LogP contribution in [0.2, 0.25) is 0 Å². The summed E-state index contributed by atoms with van der Waals surface area (Å²) in [6.07, 6.45) is 1.20. The molecule has 5 heteroatoms. The van der Waals surface area contributed by atoms with Gasteiger partial charge in [-0.3, -0.25) is 0 Å². The van der Waals surface area contributed by atoms with Crippen LogP contribution in [0.1, 0.15) is 26.0 Å². The van der Waals surface area contributed by atoms with E-state index >= 15 is 0 Å². The molecule has 0 bridgehead atoms. The van der Waals surface area contributed by atoms with Crippen LogP contribution in [0, 0.1) is 5.92 Å². The zero-order valence-corrected chi connectivity index (χ0v) is 13.1. The molecule has 0 radical (unpaired) electrons. The molecule has 1 fully saturated rings. The quantitative estimate of drug-likeness (QED) is 0.850. The van der Waals surface area contributed by atoms with E-state index < -0.39 is 0 Å². The van der Waals surface area contributed by atoms with Gasteiger partial charge < -0.3 is 15.1 Å². The van der Waals surface area contributed by atoms with Crippen LogP contribution in [0.15, 0.2) is 12.1 Å². The minimum Gasteiger partial charge on any atom is -0.354 e. The summed E-state index contributed by atoms with van der Waals surface area (Å²) in [6, 6.07) is 4.81. The van der Waals surface area contributed by atoms with Gasteiger partial charge in [0.1, 0.15) is 0 Å². The highest BCUT2D eigenvalue weighted by atomic mass is 15.3. The number of hydrogen-bond donors (Lipinski definition) is 1. The van der Waals surface area contributed by atoms with Crippen molar-refractivity contribution in [2.24, 2.45) is 5.92 Å². The Hall–Kier alpha value is -1.20. The van der Waals surface area contributed by atoms with Crippen molar-refractivity contribution in [3.05, 3.63) is 17.8 Å². The monoisotopic (exact) mass is 277 g/mol. The van der Waals surface area contributed by atoms with Crippen molar-refractivity contribution in [3.63, 3.8) is 0 Å². The molecule has 1 unspecified atom stereocenters. The van der Waals surface area contributed by atoms with Gasteiger partial charge in [-0.05, 0) is 45.1 Å². The Balaban J connectivity index is 1.85. The van der Waals surface area contributed by atoms with E-state index in [4.69, 9.17) is 0 Å². The molecule has 1 aliphatic rings. The molecule has 20 heavy (non-hydrogen) atoms. The normalized spacial score (nSPS) is 19.3. The van der Waals surface area contributed by atoms with E-state index in [-0.39, 0.29) is 0 Å². The first-order valence-electron chi connectivity index (χ1n) is 7.51. The van der Waals surface area contributed by atoms with Gasteiger partial charge in [0.2, 0.25) is 0 Å². The van der Waals surface area contributed by atoms with Gasteiger partial charge in [0, 0.05) is 25.7 Å². The van der Waals surface area contributed by atoms with Gasteiger partial charge in [0.05, 0.1) is 5.69 Å². The van der Waals surface area contributed by atoms with Crippen molar-refractivity contribution in [2.45, 2.75) is 32.9 Å². The maximum absolute atomic E-state index is 4.37. The Morgan fingerprint density at radius 1 is 1.35 bits per heavy atom. The fraction of sp³-hybridized carbons (Fsp3) is 0.733. The maximum Gasteiger partial charge on any atom is 0.151 e. The number of anilines is 1. The van der Waals surface area contributed by atoms with Crippen LogP contribution in [0.3, 0.4) is 0 Å². The largest absolute Gasteiger partial charge is 0.354 e. The lowest BCUT2D eigenvalue weighted by Crippen LogP contribution is -2.31. The van der Waals surface area contributed by atoms with Crippen molar-refractivity contribution in [2.75, 3.05) is 38.6 Å². The minimum atomic E-state index is 0.629. The van der Waals surface area contributed by atoms with Crippen LogP contribution in [-0.4, -0.2) is 54.9 Å². The fourth-order valence-electron chi connectivity index (χ4n) is 2.48. The fourth-order valence-corrected chi connectivity index (χ4v) is 2.48. The van der Waals surface area contributed by atoms with Crippen LogP contribution >= 0.6 is 0 Å². The molecule has 1 aromatic heterocycles. The first-order valence-corrected chi connectivity index (χ1v) is 7.51. The molecule has 1 aliphatic heterocycles. The van der Waals surface area contributed by atoms with Crippen LogP contribution in [0.25, 0.3) is 0 Å². The molecule has 1 aromatic rings. The van der Waals surface area contributed by atoms with Gasteiger partial charge in [-0.25, -0.2) is 0 Å². The molecular weight excluding hydrogens is 250 g/mol. The molecular formula is C15H27N5. The number of nitrogens with zero attached hydrogens (tertiary/aromatic N) is 4. The Labute approximate surface area is 122 Å². The maximum atomic E-state index is 4.37. The smallest absolute Gasteiger partial charge is 0.151 e. The molecule has 0 amide bonds. The predicted molar refractivity (Wildman–Crippen MR) is 82.9 cm³/mol. The molecule has 112 valence electrons. The van der Waals surface area contributed by atoms with E-state index in [2.05, 4.69) is 65.4 Å². The second kappa shape index (κ2) is 6.99. The van der Waals surface area contributed by atoms with Gasteiger partial charge in [-0.2, -0.15) is 5.10 Å². The second-order valence-corrected chi connectivity index (χ2v) is 6.26. The van der Waals surface area contributed by atoms with E-state index in [1.807, 2.05) is 0 Å². The molecule has 1 N–H and O–H groups in total. The van der Waals surface area contributed by atoms with Crippen LogP contribution in [0.5, 0.6) is 0 Å². The van der Waals surface area contributed by atoms with E-state index in [1.54, 1.807) is 0 Å². The number of nitrogens with one attached hydrogen (secondary N) is 1. The van der Waals surface area contributed by atoms with E-state index in [1.165, 1.54) is 6.42 Å². The summed E-state index contributed by atoms with van der Waals surface area (Å²) in [4.78, 5) is 4.61. The zero-order valence-electron chi connectivity index (χ0n) is 13.1. The van der Waals surface area contributed by atoms with E-state index in [9.17, 15) is 0 Å². The van der Waals surface area contributed by atoms with Crippen LogP contribution < -0.4 is 10.2 Å². The Bertz CT molecular complexity index is 401. The standard InChI is InChI=1S/C15H27N5/c1-12(2)9-16-10-13-5-6-15(18-17-13)20-8-7-14(11-20)19(3)4/h5-6,12,14,16H,7-11H2,1-4H3. The third kappa shape index (κ3) is 4.15. The average molecular weight is 277 g/mol. The Kier molecular flexibility index (Phi) is 5.31. The Morgan fingerprint density at radius 3 is 2.70 bits per heavy atom. The summed E-state index contributed by atoms with van der Waals surface area (Å²) in [5.74, 6) is 1.66. The molecule has 0 aromatic carbocycles. The third-order valence-corrected chi connectivity index (χ3v) is 3.78. The second-order valence-electron chi connectivity index (χ2n) is 6.26. The van der Waals surface area contributed by atoms with Crippen molar-refractivity contribution in [3.8, 4) is 0 Å². The van der Waals surface area contributed by atoms with Gasteiger partial charge in [-0.15, -0.1) is 5.10 Å². The van der Waals surface area contributed by atoms with Gasteiger partial charge in [-0.1, -0.05) is 13.8 Å². The number of rotatable bonds is 6. The lowest BCUT2D eigenvalue weighted by Gasteiger charge is -2.20. The van der Waals surface area contributed by atoms with Crippen LogP contribution in [-0.2, 0) is 6.54 Å². The van der Waals surface area contributed by atoms with Crippen molar-refractivity contribution < 1.29 is 0 Å². The SMILES string of the molecule is CC(C)CNCc1ccc(N2CCC(N(C)C)C2)nn1. The number of aromatic nitrogens is 2. The van der Waals surface area contributed by atoms with Crippen LogP contribution in [0.4, 0.5) is 5.82 Å². The molecule has 0 aliphatic carbocycles. The topological polar surface area (TPSA) is 44.3 Å². The third-order valence-electron chi connectivity index (χ3n) is 3.78. The first kappa shape index (κ1) is 15.2. The molecule has 5 nitrogen and oxygen atoms in total. The van der Waals surface area contributed by atoms with Crippen molar-refractivity contribution in [1.29, 1.82) is 0 Å². The van der Waals surface area contributed by atoms with Crippen molar-refractivity contribution in [1.82, 2.24) is 20.4 Å². The highest BCUT2D eigenvalue weighted by molar-refractivity contribution is 5.39. The van der Waals surface area contributed by atoms with Gasteiger partial charge in [0.25, 0.3) is 0 Å². The van der Waals surface area contributed by atoms with Gasteiger partial charge >= 0.3 is 0 Å². The molecule has 0 saturated carbocycles. The summed E-state index contributed by atoms with van der Waals surface area (Å²) < 4.78 is 0. The highest BCUT2D eigenvalue weighted by Gasteiger charge is 2.24. The van der Waals surface area contributed by atoms with E-state index in [0.29, 0.717) is 12.0 Å². The van der Waals surface area contributed by atoms with Crippen molar-refractivity contribution >= 4 is 5.82 Å². The lowest BCUT2D eigenvalue weighted by atomic mass is 10.2. The molecule has 1 atom stereocenters. The predicted octanol–water partition coefficient (Wildman–Crippen LogP) is 1.36. The van der Waals surface area contributed by atoms with Gasteiger partial charge in [0.15, 0.2) is 5.82 Å².